The van der Waals surface area contributed by atoms with Gasteiger partial charge in [0.25, 0.3) is 11.8 Å². The number of benzene rings is 4. The third kappa shape index (κ3) is 6.99. The lowest BCUT2D eigenvalue weighted by molar-refractivity contribution is -0.121. The summed E-state index contributed by atoms with van der Waals surface area (Å²) in [5, 5.41) is 4.61. The highest BCUT2D eigenvalue weighted by Crippen LogP contribution is 2.35. The molecule has 10 heteroatoms. The van der Waals surface area contributed by atoms with E-state index in [4.69, 9.17) is 0 Å². The van der Waals surface area contributed by atoms with Crippen molar-refractivity contribution in [3.8, 4) is 0 Å². The van der Waals surface area contributed by atoms with Crippen LogP contribution in [0.4, 0.5) is 15.8 Å². The molecule has 44 heavy (non-hydrogen) atoms. The molecule has 1 atom stereocenters. The van der Waals surface area contributed by atoms with E-state index in [-0.39, 0.29) is 35.3 Å². The van der Waals surface area contributed by atoms with Crippen molar-refractivity contribution >= 4 is 58.6 Å². The van der Waals surface area contributed by atoms with Gasteiger partial charge in [-0.3, -0.25) is 24.0 Å². The van der Waals surface area contributed by atoms with Crippen molar-refractivity contribution in [2.75, 3.05) is 10.2 Å². The number of carbonyl (C=O) groups is 5. The Bertz CT molecular complexity index is 1790. The number of ketones is 1. The van der Waals surface area contributed by atoms with Crippen LogP contribution in [0.5, 0.6) is 0 Å². The Kier molecular flexibility index (Phi) is 9.11. The van der Waals surface area contributed by atoms with E-state index >= 15 is 0 Å². The molecule has 5 rings (SSSR count). The fraction of sp³-hybridized carbons (Fsp3) is 0.0882. The Balaban J connectivity index is 1.32. The summed E-state index contributed by atoms with van der Waals surface area (Å²) in [6.07, 6.45) is 1.24. The topological polar surface area (TPSA) is 113 Å². The van der Waals surface area contributed by atoms with Gasteiger partial charge in [-0.05, 0) is 73.7 Å². The van der Waals surface area contributed by atoms with Crippen molar-refractivity contribution in [1.29, 1.82) is 0 Å². The average Bonchev–Trinajstić information content (AvgIpc) is 3.30. The number of nitrogens with one attached hydrogen (secondary N) is 2. The summed E-state index contributed by atoms with van der Waals surface area (Å²) in [5.41, 5.74) is 1.48. The van der Waals surface area contributed by atoms with Crippen molar-refractivity contribution in [2.24, 2.45) is 0 Å². The molecule has 8 nitrogen and oxygen atoms in total. The number of Topliss-reactive ketones (excluding diaryl/α,β-unsaturated/α-hetero) is 1. The maximum absolute atomic E-state index is 14.4. The van der Waals surface area contributed by atoms with Crippen LogP contribution in [0.3, 0.4) is 0 Å². The molecule has 2 N–H and O–H groups in total. The lowest BCUT2D eigenvalue weighted by Crippen LogP contribution is -2.31. The number of amides is 4. The van der Waals surface area contributed by atoms with Gasteiger partial charge in [0, 0.05) is 33.7 Å². The molecule has 0 bridgehead atoms. The second-order valence-electron chi connectivity index (χ2n) is 9.86. The Morgan fingerprint density at radius 2 is 1.57 bits per heavy atom. The van der Waals surface area contributed by atoms with Crippen molar-refractivity contribution in [2.45, 2.75) is 23.5 Å². The van der Waals surface area contributed by atoms with Gasteiger partial charge < -0.3 is 10.6 Å². The number of anilines is 2. The van der Waals surface area contributed by atoms with Crippen LogP contribution in [0.25, 0.3) is 6.08 Å². The number of carbonyl (C=O) groups excluding carboxylic acids is 5. The van der Waals surface area contributed by atoms with Crippen molar-refractivity contribution in [3.63, 3.8) is 0 Å². The zero-order chi connectivity index (χ0) is 31.2. The quantitative estimate of drug-likeness (QED) is 0.140. The van der Waals surface area contributed by atoms with Crippen LogP contribution in [-0.4, -0.2) is 34.7 Å². The molecule has 1 aliphatic heterocycles. The fourth-order valence-corrected chi connectivity index (χ4v) is 5.63. The second kappa shape index (κ2) is 13.3. The Morgan fingerprint density at radius 3 is 2.27 bits per heavy atom. The van der Waals surface area contributed by atoms with E-state index < -0.39 is 22.9 Å². The first-order chi connectivity index (χ1) is 21.2. The molecule has 0 radical (unpaired) electrons. The van der Waals surface area contributed by atoms with Gasteiger partial charge in [-0.15, -0.1) is 11.8 Å². The van der Waals surface area contributed by atoms with E-state index in [1.807, 2.05) is 0 Å². The van der Waals surface area contributed by atoms with Crippen molar-refractivity contribution < 1.29 is 28.4 Å². The number of halogens is 1. The van der Waals surface area contributed by atoms with E-state index in [1.54, 1.807) is 84.9 Å². The highest BCUT2D eigenvalue weighted by molar-refractivity contribution is 8.00. The van der Waals surface area contributed by atoms with Gasteiger partial charge in [0.2, 0.25) is 11.8 Å². The molecule has 4 amide bonds. The Hall–Kier alpha value is -5.35. The molecule has 1 saturated heterocycles. The first kappa shape index (κ1) is 30.1. The second-order valence-corrected chi connectivity index (χ2v) is 11.1. The molecule has 0 aliphatic carbocycles. The molecule has 0 unspecified atom stereocenters. The number of nitrogens with zero attached hydrogens (tertiary/aromatic N) is 1. The smallest absolute Gasteiger partial charge is 0.272 e. The van der Waals surface area contributed by atoms with Crippen LogP contribution in [0, 0.1) is 5.82 Å². The van der Waals surface area contributed by atoms with Gasteiger partial charge in [-0.1, -0.05) is 42.5 Å². The Labute approximate surface area is 257 Å². The summed E-state index contributed by atoms with van der Waals surface area (Å²) in [4.78, 5) is 65.5. The van der Waals surface area contributed by atoms with Gasteiger partial charge in [-0.25, -0.2) is 9.29 Å². The van der Waals surface area contributed by atoms with Crippen LogP contribution in [-0.2, 0) is 14.4 Å². The van der Waals surface area contributed by atoms with Crippen molar-refractivity contribution in [1.82, 2.24) is 5.32 Å². The third-order valence-corrected chi connectivity index (χ3v) is 7.92. The predicted molar refractivity (Wildman–Crippen MR) is 167 cm³/mol. The maximum atomic E-state index is 14.4. The van der Waals surface area contributed by atoms with Crippen molar-refractivity contribution in [3.05, 3.63) is 131 Å². The first-order valence-electron chi connectivity index (χ1n) is 13.6. The zero-order valence-corrected chi connectivity index (χ0v) is 24.3. The van der Waals surface area contributed by atoms with E-state index in [0.717, 1.165) is 4.90 Å². The first-order valence-corrected chi connectivity index (χ1v) is 14.5. The highest BCUT2D eigenvalue weighted by atomic mass is 32.2. The summed E-state index contributed by atoms with van der Waals surface area (Å²) < 4.78 is 14.4. The molecule has 220 valence electrons. The monoisotopic (exact) mass is 607 g/mol. The van der Waals surface area contributed by atoms with Crippen LogP contribution in [0.15, 0.2) is 114 Å². The largest absolute Gasteiger partial charge is 0.321 e. The van der Waals surface area contributed by atoms with Crippen LogP contribution in [0.1, 0.15) is 39.6 Å². The van der Waals surface area contributed by atoms with Gasteiger partial charge in [0.05, 0.1) is 10.9 Å². The minimum absolute atomic E-state index is 0.0183. The molecule has 4 aromatic rings. The fourth-order valence-electron chi connectivity index (χ4n) is 4.51. The minimum atomic E-state index is -0.692. The normalized spacial score (nSPS) is 14.8. The van der Waals surface area contributed by atoms with Gasteiger partial charge in [-0.2, -0.15) is 0 Å². The summed E-state index contributed by atoms with van der Waals surface area (Å²) in [6.45, 7) is 1.44. The molecule has 0 spiro atoms. The van der Waals surface area contributed by atoms with Gasteiger partial charge in [0.1, 0.15) is 11.5 Å². The number of imide groups is 1. The molecular formula is C34H26FN3O5S. The van der Waals surface area contributed by atoms with Crippen LogP contribution < -0.4 is 15.5 Å². The minimum Gasteiger partial charge on any atom is -0.321 e. The van der Waals surface area contributed by atoms with Gasteiger partial charge >= 0.3 is 0 Å². The molecule has 1 fully saturated rings. The summed E-state index contributed by atoms with van der Waals surface area (Å²) in [7, 11) is 0. The molecule has 0 saturated carbocycles. The lowest BCUT2D eigenvalue weighted by atomic mass is 10.1. The predicted octanol–water partition coefficient (Wildman–Crippen LogP) is 5.86. The lowest BCUT2D eigenvalue weighted by Gasteiger charge is -2.15. The molecule has 1 heterocycles. The number of hydrogen-bond acceptors (Lipinski definition) is 6. The number of thioether (sulfide) groups is 1. The van der Waals surface area contributed by atoms with Crippen LogP contribution in [0.2, 0.25) is 0 Å². The molecular weight excluding hydrogens is 581 g/mol. The SMILES string of the molecule is CC(=O)c1ccc(N2C(=O)C[C@H](Sc3cccc(NC(=O)/C(=C/c4ccccc4F)NC(=O)c4ccccc4)c3)C2=O)cc1. The van der Waals surface area contributed by atoms with Crippen LogP contribution >= 0.6 is 11.8 Å². The third-order valence-electron chi connectivity index (χ3n) is 6.74. The maximum Gasteiger partial charge on any atom is 0.272 e. The molecule has 0 aromatic heterocycles. The summed E-state index contributed by atoms with van der Waals surface area (Å²) >= 11 is 1.18. The number of hydrogen-bond donors (Lipinski definition) is 2. The Morgan fingerprint density at radius 1 is 0.864 bits per heavy atom. The molecule has 4 aromatic carbocycles. The van der Waals surface area contributed by atoms with E-state index in [2.05, 4.69) is 10.6 Å². The standard InChI is InChI=1S/C34H26FN3O5S/c1-21(39)22-14-16-26(17-15-22)38-31(40)20-30(34(38)43)44-27-12-7-11-25(19-27)36-33(42)29(18-24-10-5-6-13-28(24)35)37-32(41)23-8-3-2-4-9-23/h2-19,30H,20H2,1H3,(H,36,42)(H,37,41)/b29-18-/t30-/m0/s1. The summed E-state index contributed by atoms with van der Waals surface area (Å²) in [6, 6.07) is 27.1. The summed E-state index contributed by atoms with van der Waals surface area (Å²) in [5.74, 6) is -2.66. The zero-order valence-electron chi connectivity index (χ0n) is 23.5. The number of rotatable bonds is 9. The average molecular weight is 608 g/mol. The van der Waals surface area contributed by atoms with E-state index in [9.17, 15) is 28.4 Å². The molecule has 1 aliphatic rings. The van der Waals surface area contributed by atoms with E-state index in [1.165, 1.54) is 43.0 Å². The highest BCUT2D eigenvalue weighted by Gasteiger charge is 2.40. The van der Waals surface area contributed by atoms with E-state index in [0.29, 0.717) is 27.4 Å². The van der Waals surface area contributed by atoms with Gasteiger partial charge in [0.15, 0.2) is 5.78 Å².